The molecule has 4 rings (SSSR count). The molecule has 102 valence electrons. The largest absolute Gasteiger partial charge is 0.383 e. The predicted octanol–water partition coefficient (Wildman–Crippen LogP) is 2.38. The second-order valence-electron chi connectivity index (χ2n) is 5.30. The van der Waals surface area contributed by atoms with Gasteiger partial charge in [0.1, 0.15) is 5.82 Å². The summed E-state index contributed by atoms with van der Waals surface area (Å²) in [5, 5.41) is 12.9. The third-order valence-corrected chi connectivity index (χ3v) is 4.05. The maximum atomic E-state index is 6.04. The predicted molar refractivity (Wildman–Crippen MR) is 76.6 cm³/mol. The summed E-state index contributed by atoms with van der Waals surface area (Å²) in [7, 11) is 0. The Morgan fingerprint density at radius 3 is 2.85 bits per heavy atom. The average Bonchev–Trinajstić information content (AvgIpc) is 3.18. The summed E-state index contributed by atoms with van der Waals surface area (Å²) in [4.78, 5) is 4.35. The first-order valence-corrected chi connectivity index (χ1v) is 6.98. The molecule has 0 saturated heterocycles. The summed E-state index contributed by atoms with van der Waals surface area (Å²) in [5.41, 5.74) is 7.88. The molecule has 3 aromatic rings. The van der Waals surface area contributed by atoms with Gasteiger partial charge in [-0.15, -0.1) is 0 Å². The molecule has 6 nitrogen and oxygen atoms in total. The Morgan fingerprint density at radius 1 is 1.25 bits per heavy atom. The molecule has 0 aromatic carbocycles. The Morgan fingerprint density at radius 2 is 2.10 bits per heavy atom. The molecule has 1 saturated carbocycles. The first-order valence-electron chi connectivity index (χ1n) is 6.98. The van der Waals surface area contributed by atoms with Crippen molar-refractivity contribution in [2.75, 3.05) is 5.73 Å². The van der Waals surface area contributed by atoms with Gasteiger partial charge in [0, 0.05) is 12.1 Å². The fourth-order valence-electron chi connectivity index (χ4n) is 3.08. The molecule has 0 radical (unpaired) electrons. The Bertz CT molecular complexity index is 736. The monoisotopic (exact) mass is 268 g/mol. The minimum atomic E-state index is 0.488. The third kappa shape index (κ3) is 1.61. The van der Waals surface area contributed by atoms with Crippen molar-refractivity contribution in [1.82, 2.24) is 25.0 Å². The summed E-state index contributed by atoms with van der Waals surface area (Å²) in [6.07, 6.45) is 6.65. The highest BCUT2D eigenvalue weighted by Gasteiger charge is 2.26. The quantitative estimate of drug-likeness (QED) is 0.747. The van der Waals surface area contributed by atoms with Gasteiger partial charge in [0.2, 0.25) is 0 Å². The van der Waals surface area contributed by atoms with Crippen molar-refractivity contribution in [3.05, 3.63) is 30.1 Å². The number of nitrogens with one attached hydrogen (secondary N) is 1. The molecular formula is C14H16N6. The fourth-order valence-corrected chi connectivity index (χ4v) is 3.08. The molecular weight excluding hydrogens is 252 g/mol. The lowest BCUT2D eigenvalue weighted by Gasteiger charge is -2.05. The minimum absolute atomic E-state index is 0.488. The van der Waals surface area contributed by atoms with Crippen molar-refractivity contribution >= 4 is 16.9 Å². The van der Waals surface area contributed by atoms with Crippen molar-refractivity contribution < 1.29 is 0 Å². The average molecular weight is 268 g/mol. The summed E-state index contributed by atoms with van der Waals surface area (Å²) in [5.74, 6) is 1.86. The number of hydrogen-bond donors (Lipinski definition) is 2. The zero-order valence-corrected chi connectivity index (χ0v) is 11.1. The van der Waals surface area contributed by atoms with E-state index in [-0.39, 0.29) is 0 Å². The number of H-pyrrole nitrogens is 1. The van der Waals surface area contributed by atoms with Crippen LogP contribution in [-0.2, 0) is 0 Å². The first kappa shape index (κ1) is 11.5. The van der Waals surface area contributed by atoms with Crippen molar-refractivity contribution in [2.45, 2.75) is 31.6 Å². The van der Waals surface area contributed by atoms with E-state index in [1.807, 2.05) is 18.2 Å². The minimum Gasteiger partial charge on any atom is -0.383 e. The van der Waals surface area contributed by atoms with E-state index < -0.39 is 0 Å². The standard InChI is InChI=1S/C14H16N6/c15-13-11-12(9-5-1-2-6-9)19-20(14(11)18-17-13)10-7-3-4-8-16-10/h3-4,7-9H,1-2,5-6H2,(H3,15,17,18). The lowest BCUT2D eigenvalue weighted by molar-refractivity contribution is 0.679. The van der Waals surface area contributed by atoms with E-state index in [2.05, 4.69) is 15.2 Å². The number of pyridine rings is 1. The second kappa shape index (κ2) is 4.33. The third-order valence-electron chi connectivity index (χ3n) is 4.05. The molecule has 1 aliphatic carbocycles. The zero-order valence-electron chi connectivity index (χ0n) is 11.1. The van der Waals surface area contributed by atoms with Crippen LogP contribution in [-0.4, -0.2) is 25.0 Å². The highest BCUT2D eigenvalue weighted by molar-refractivity contribution is 5.90. The molecule has 0 atom stereocenters. The molecule has 3 N–H and O–H groups in total. The van der Waals surface area contributed by atoms with Gasteiger partial charge in [0.25, 0.3) is 0 Å². The maximum absolute atomic E-state index is 6.04. The Kier molecular flexibility index (Phi) is 2.48. The number of aromatic nitrogens is 5. The summed E-state index contributed by atoms with van der Waals surface area (Å²) >= 11 is 0. The van der Waals surface area contributed by atoms with Crippen molar-refractivity contribution in [3.8, 4) is 5.82 Å². The van der Waals surface area contributed by atoms with E-state index in [4.69, 9.17) is 10.8 Å². The van der Waals surface area contributed by atoms with Crippen LogP contribution in [0.5, 0.6) is 0 Å². The van der Waals surface area contributed by atoms with Gasteiger partial charge in [-0.25, -0.2) is 4.98 Å². The molecule has 0 bridgehead atoms. The van der Waals surface area contributed by atoms with Crippen LogP contribution in [0.3, 0.4) is 0 Å². The maximum Gasteiger partial charge on any atom is 0.188 e. The smallest absolute Gasteiger partial charge is 0.188 e. The number of aromatic amines is 1. The van der Waals surface area contributed by atoms with E-state index in [0.717, 1.165) is 22.5 Å². The van der Waals surface area contributed by atoms with Gasteiger partial charge in [-0.1, -0.05) is 18.9 Å². The van der Waals surface area contributed by atoms with Gasteiger partial charge in [-0.2, -0.15) is 14.9 Å². The molecule has 0 amide bonds. The van der Waals surface area contributed by atoms with Crippen LogP contribution in [0, 0.1) is 0 Å². The van der Waals surface area contributed by atoms with Gasteiger partial charge in [0.05, 0.1) is 11.1 Å². The molecule has 3 heterocycles. The van der Waals surface area contributed by atoms with E-state index in [0.29, 0.717) is 11.7 Å². The van der Waals surface area contributed by atoms with Crippen LogP contribution in [0.15, 0.2) is 24.4 Å². The number of nitrogens with zero attached hydrogens (tertiary/aromatic N) is 4. The number of nitrogens with two attached hydrogens (primary N) is 1. The molecule has 6 heteroatoms. The van der Waals surface area contributed by atoms with Crippen LogP contribution in [0.4, 0.5) is 5.82 Å². The lowest BCUT2D eigenvalue weighted by Crippen LogP contribution is -2.02. The Balaban J connectivity index is 1.94. The van der Waals surface area contributed by atoms with Crippen molar-refractivity contribution in [1.29, 1.82) is 0 Å². The van der Waals surface area contributed by atoms with Crippen molar-refractivity contribution in [2.24, 2.45) is 0 Å². The van der Waals surface area contributed by atoms with Crippen LogP contribution in [0.1, 0.15) is 37.3 Å². The van der Waals surface area contributed by atoms with E-state index >= 15 is 0 Å². The van der Waals surface area contributed by atoms with E-state index in [1.54, 1.807) is 10.9 Å². The lowest BCUT2D eigenvalue weighted by atomic mass is 10.0. The van der Waals surface area contributed by atoms with Crippen LogP contribution >= 0.6 is 0 Å². The number of anilines is 1. The molecule has 0 spiro atoms. The van der Waals surface area contributed by atoms with Gasteiger partial charge < -0.3 is 5.73 Å². The van der Waals surface area contributed by atoms with Gasteiger partial charge >= 0.3 is 0 Å². The molecule has 3 aromatic heterocycles. The topological polar surface area (TPSA) is 85.4 Å². The van der Waals surface area contributed by atoms with Crippen LogP contribution in [0.2, 0.25) is 0 Å². The molecule has 0 unspecified atom stereocenters. The SMILES string of the molecule is Nc1[nH]nc2c1c(C1CCCC1)nn2-c1ccccn1. The summed E-state index contributed by atoms with van der Waals surface area (Å²) in [6, 6.07) is 5.76. The number of hydrogen-bond acceptors (Lipinski definition) is 4. The van der Waals surface area contributed by atoms with Crippen molar-refractivity contribution in [3.63, 3.8) is 0 Å². The van der Waals surface area contributed by atoms with Gasteiger partial charge in [-0.05, 0) is 25.0 Å². The van der Waals surface area contributed by atoms with Crippen LogP contribution < -0.4 is 5.73 Å². The van der Waals surface area contributed by atoms with E-state index in [1.165, 1.54) is 25.7 Å². The van der Waals surface area contributed by atoms with E-state index in [9.17, 15) is 0 Å². The fraction of sp³-hybridized carbons (Fsp3) is 0.357. The first-order chi connectivity index (χ1) is 9.84. The normalized spacial score (nSPS) is 16.2. The Hall–Kier alpha value is -2.37. The Labute approximate surface area is 116 Å². The number of fused-ring (bicyclic) bond motifs is 1. The van der Waals surface area contributed by atoms with Gasteiger partial charge in [0.15, 0.2) is 11.5 Å². The number of nitrogen functional groups attached to an aromatic ring is 1. The molecule has 1 aliphatic rings. The second-order valence-corrected chi connectivity index (χ2v) is 5.30. The molecule has 20 heavy (non-hydrogen) atoms. The highest BCUT2D eigenvalue weighted by atomic mass is 15.4. The summed E-state index contributed by atoms with van der Waals surface area (Å²) in [6.45, 7) is 0. The van der Waals surface area contributed by atoms with Gasteiger partial charge in [-0.3, -0.25) is 5.10 Å². The highest BCUT2D eigenvalue weighted by Crippen LogP contribution is 2.38. The number of rotatable bonds is 2. The van der Waals surface area contributed by atoms with Crippen LogP contribution in [0.25, 0.3) is 16.9 Å². The molecule has 0 aliphatic heterocycles. The molecule has 1 fully saturated rings. The summed E-state index contributed by atoms with van der Waals surface area (Å²) < 4.78 is 1.79. The zero-order chi connectivity index (χ0) is 13.5.